The number of cyclic esters (lactones) is 1. The summed E-state index contributed by atoms with van der Waals surface area (Å²) >= 11 is 0. The molecule has 1 aromatic heterocycles. The second-order valence-corrected chi connectivity index (χ2v) is 9.25. The van der Waals surface area contributed by atoms with Gasteiger partial charge in [0.15, 0.2) is 0 Å². The molecule has 0 spiro atoms. The van der Waals surface area contributed by atoms with Gasteiger partial charge in [0.1, 0.15) is 24.2 Å². The van der Waals surface area contributed by atoms with Gasteiger partial charge in [0.2, 0.25) is 11.8 Å². The van der Waals surface area contributed by atoms with Gasteiger partial charge < -0.3 is 20.5 Å². The van der Waals surface area contributed by atoms with Crippen molar-refractivity contribution in [3.8, 4) is 0 Å². The highest BCUT2D eigenvalue weighted by atomic mass is 16.5. The Labute approximate surface area is 214 Å². The van der Waals surface area contributed by atoms with Crippen LogP contribution in [0.1, 0.15) is 50.5 Å². The fourth-order valence-electron chi connectivity index (χ4n) is 4.30. The lowest BCUT2D eigenvalue weighted by Crippen LogP contribution is -2.60. The zero-order chi connectivity index (χ0) is 26.5. The molecule has 2 aliphatic rings. The maximum Gasteiger partial charge on any atom is 0.325 e. The number of rotatable bonds is 1. The van der Waals surface area contributed by atoms with E-state index in [9.17, 15) is 24.3 Å². The van der Waals surface area contributed by atoms with Crippen LogP contribution >= 0.6 is 0 Å². The summed E-state index contributed by atoms with van der Waals surface area (Å²) in [7, 11) is 0. The van der Waals surface area contributed by atoms with Crippen LogP contribution in [0.4, 0.5) is 0 Å². The average Bonchev–Trinajstić information content (AvgIpc) is 2.90. The molecule has 37 heavy (non-hydrogen) atoms. The molecule has 0 radical (unpaired) electrons. The number of amides is 3. The normalized spacial score (nSPS) is 26.8. The number of hydrogen-bond acceptors (Lipinski definition) is 8. The number of benzene rings is 1. The lowest BCUT2D eigenvalue weighted by Gasteiger charge is -2.35. The van der Waals surface area contributed by atoms with Gasteiger partial charge >= 0.3 is 5.97 Å². The first kappa shape index (κ1) is 26.2. The van der Waals surface area contributed by atoms with Crippen LogP contribution in [0, 0.1) is 0 Å². The van der Waals surface area contributed by atoms with Gasteiger partial charge in [-0.15, -0.1) is 0 Å². The molecule has 5 bridgehead atoms. The second kappa shape index (κ2) is 11.5. The highest BCUT2D eigenvalue weighted by molar-refractivity contribution is 5.92. The molecular formula is C26H31N5O6. The zero-order valence-corrected chi connectivity index (χ0v) is 20.8. The Hall–Kier alpha value is -3.83. The van der Waals surface area contributed by atoms with E-state index in [1.165, 1.54) is 11.9 Å². The van der Waals surface area contributed by atoms with Crippen LogP contribution in [0.3, 0.4) is 0 Å². The van der Waals surface area contributed by atoms with E-state index in [1.54, 1.807) is 25.3 Å². The van der Waals surface area contributed by atoms with Crippen LogP contribution in [0.5, 0.6) is 0 Å². The molecule has 196 valence electrons. The predicted octanol–water partition coefficient (Wildman–Crippen LogP) is 0.733. The number of nitrogens with zero attached hydrogens (tertiary/aromatic N) is 2. The predicted molar refractivity (Wildman–Crippen MR) is 134 cm³/mol. The van der Waals surface area contributed by atoms with Crippen molar-refractivity contribution in [2.75, 3.05) is 13.2 Å². The average molecular weight is 510 g/mol. The summed E-state index contributed by atoms with van der Waals surface area (Å²) in [5.41, 5.74) is 4.35. The Morgan fingerprint density at radius 3 is 2.70 bits per heavy atom. The van der Waals surface area contributed by atoms with E-state index in [0.717, 1.165) is 16.3 Å². The molecular weight excluding hydrogens is 478 g/mol. The number of aromatic nitrogens is 1. The van der Waals surface area contributed by atoms with Crippen molar-refractivity contribution in [1.82, 2.24) is 26.1 Å². The van der Waals surface area contributed by atoms with Crippen molar-refractivity contribution in [2.24, 2.45) is 0 Å². The fourth-order valence-corrected chi connectivity index (χ4v) is 4.30. The van der Waals surface area contributed by atoms with E-state index in [1.807, 2.05) is 24.3 Å². The van der Waals surface area contributed by atoms with Gasteiger partial charge in [0.05, 0.1) is 12.3 Å². The Bertz CT molecular complexity index is 1230. The summed E-state index contributed by atoms with van der Waals surface area (Å²) in [6.45, 7) is 3.00. The van der Waals surface area contributed by atoms with Crippen molar-refractivity contribution >= 4 is 40.5 Å². The third-order valence-electron chi connectivity index (χ3n) is 6.42. The maximum absolute atomic E-state index is 13.0. The molecule has 4 rings (SSSR count). The van der Waals surface area contributed by atoms with Crippen LogP contribution in [-0.4, -0.2) is 70.1 Å². The topological polar surface area (TPSA) is 150 Å². The van der Waals surface area contributed by atoms with Gasteiger partial charge in [-0.2, -0.15) is 0 Å². The van der Waals surface area contributed by atoms with Crippen LogP contribution < -0.4 is 16.1 Å². The third kappa shape index (κ3) is 6.30. The van der Waals surface area contributed by atoms with Crippen molar-refractivity contribution in [2.45, 2.75) is 57.3 Å². The standard InChI is InChI=1S/C26H31N5O6/c1-15-25(35)31-10-4-6-21(30-31)26(36)37-16(2)17-8-9-18-13-27-20(12-19(18)11-17)5-3-7-23(33)29-22(14-32)24(34)28-15/h3,5,8-9,11-13,15-16,21-22,30,32H,4,6-7,10,14H2,1-2H3,(H,28,34)(H,29,33)/b5-3+/t15-,16+,21-,22-/m0/s1. The molecule has 0 aliphatic carbocycles. The summed E-state index contributed by atoms with van der Waals surface area (Å²) in [6, 6.07) is 4.67. The van der Waals surface area contributed by atoms with Gasteiger partial charge in [-0.3, -0.25) is 29.2 Å². The van der Waals surface area contributed by atoms with E-state index in [0.29, 0.717) is 25.1 Å². The first-order valence-corrected chi connectivity index (χ1v) is 12.3. The summed E-state index contributed by atoms with van der Waals surface area (Å²) < 4.78 is 5.73. The molecule has 1 saturated heterocycles. The third-order valence-corrected chi connectivity index (χ3v) is 6.42. The van der Waals surface area contributed by atoms with Gasteiger partial charge in [-0.05, 0) is 55.8 Å². The number of fused-ring (bicyclic) bond motifs is 4. The number of aliphatic hydroxyl groups is 1. The number of hydrogen-bond donors (Lipinski definition) is 4. The molecule has 2 aliphatic heterocycles. The number of pyridine rings is 1. The number of hydrazine groups is 1. The highest BCUT2D eigenvalue weighted by Crippen LogP contribution is 2.24. The zero-order valence-electron chi connectivity index (χ0n) is 20.8. The Morgan fingerprint density at radius 2 is 1.92 bits per heavy atom. The highest BCUT2D eigenvalue weighted by Gasteiger charge is 2.33. The molecule has 4 atom stereocenters. The first-order chi connectivity index (χ1) is 17.7. The Kier molecular flexibility index (Phi) is 8.14. The minimum Gasteiger partial charge on any atom is -0.457 e. The molecule has 1 aromatic carbocycles. The smallest absolute Gasteiger partial charge is 0.325 e. The lowest BCUT2D eigenvalue weighted by atomic mass is 10.0. The molecule has 3 heterocycles. The monoisotopic (exact) mass is 509 g/mol. The van der Waals surface area contributed by atoms with Crippen molar-refractivity contribution in [3.05, 3.63) is 47.8 Å². The van der Waals surface area contributed by atoms with Gasteiger partial charge in [0, 0.05) is 24.5 Å². The van der Waals surface area contributed by atoms with Crippen LogP contribution in [0.2, 0.25) is 0 Å². The molecule has 0 unspecified atom stereocenters. The van der Waals surface area contributed by atoms with E-state index in [4.69, 9.17) is 4.74 Å². The second-order valence-electron chi connectivity index (χ2n) is 9.25. The summed E-state index contributed by atoms with van der Waals surface area (Å²) in [5.74, 6) is -2.09. The Morgan fingerprint density at radius 1 is 1.11 bits per heavy atom. The quantitative estimate of drug-likeness (QED) is 0.411. The number of esters is 1. The number of carbonyl (C=O) groups excluding carboxylic acids is 4. The maximum atomic E-state index is 13.0. The van der Waals surface area contributed by atoms with E-state index >= 15 is 0 Å². The Balaban J connectivity index is 1.63. The number of nitrogens with one attached hydrogen (secondary N) is 3. The van der Waals surface area contributed by atoms with Crippen LogP contribution in [0.25, 0.3) is 16.8 Å². The molecule has 11 nitrogen and oxygen atoms in total. The minimum absolute atomic E-state index is 0.0376. The van der Waals surface area contributed by atoms with E-state index in [2.05, 4.69) is 21.0 Å². The summed E-state index contributed by atoms with van der Waals surface area (Å²) in [5, 5.41) is 17.7. The lowest BCUT2D eigenvalue weighted by molar-refractivity contribution is -0.157. The van der Waals surface area contributed by atoms with Gasteiger partial charge in [0.25, 0.3) is 5.91 Å². The van der Waals surface area contributed by atoms with Crippen LogP contribution in [0.15, 0.2) is 36.5 Å². The number of carbonyl (C=O) groups is 4. The number of ether oxygens (including phenoxy) is 1. The first-order valence-electron chi connectivity index (χ1n) is 12.3. The van der Waals surface area contributed by atoms with Crippen molar-refractivity contribution in [1.29, 1.82) is 0 Å². The fraction of sp³-hybridized carbons (Fsp3) is 0.423. The largest absolute Gasteiger partial charge is 0.457 e. The van der Waals surface area contributed by atoms with Crippen molar-refractivity contribution < 1.29 is 29.0 Å². The summed E-state index contributed by atoms with van der Waals surface area (Å²) in [6.07, 6.45) is 5.52. The number of aliphatic hydroxyl groups excluding tert-OH is 1. The van der Waals surface area contributed by atoms with E-state index in [-0.39, 0.29) is 6.42 Å². The van der Waals surface area contributed by atoms with Crippen molar-refractivity contribution in [3.63, 3.8) is 0 Å². The minimum atomic E-state index is -1.22. The summed E-state index contributed by atoms with van der Waals surface area (Å²) in [4.78, 5) is 55.3. The molecule has 2 aromatic rings. The SMILES string of the molecule is C[C@@H]1NC(=O)[C@H](CO)NC(=O)C/C=C/c2cc3cc(ccc3cn2)[C@@H](C)OC(=O)[C@@H]2CCCN(N2)C1=O. The molecule has 0 saturated carbocycles. The molecule has 1 fully saturated rings. The molecule has 4 N–H and O–H groups in total. The van der Waals surface area contributed by atoms with E-state index < -0.39 is 54.5 Å². The van der Waals surface area contributed by atoms with Gasteiger partial charge in [-0.25, -0.2) is 5.43 Å². The van der Waals surface area contributed by atoms with Crippen LogP contribution in [-0.2, 0) is 23.9 Å². The molecule has 11 heteroatoms. The van der Waals surface area contributed by atoms with Gasteiger partial charge in [-0.1, -0.05) is 18.2 Å². The molecule has 3 amide bonds.